The van der Waals surface area contributed by atoms with Crippen LogP contribution in [0.2, 0.25) is 0 Å². The van der Waals surface area contributed by atoms with Crippen molar-refractivity contribution < 1.29 is 0 Å². The number of nitrogens with zero attached hydrogens (tertiary/aromatic N) is 1. The minimum absolute atomic E-state index is 1.03. The van der Waals surface area contributed by atoms with E-state index in [4.69, 9.17) is 0 Å². The van der Waals surface area contributed by atoms with Gasteiger partial charge in [0.2, 0.25) is 0 Å². The maximum absolute atomic E-state index is 3.82. The number of thioether (sulfide) groups is 1. The van der Waals surface area contributed by atoms with E-state index in [0.29, 0.717) is 0 Å². The van der Waals surface area contributed by atoms with Gasteiger partial charge in [0.1, 0.15) is 0 Å². The highest BCUT2D eigenvalue weighted by Gasteiger charge is 1.94. The van der Waals surface area contributed by atoms with Crippen molar-refractivity contribution in [2.45, 2.75) is 6.92 Å². The molecule has 52 valence electrons. The maximum Gasteiger partial charge on any atom is 0.0674 e. The highest BCUT2D eigenvalue weighted by Crippen LogP contribution is 2.22. The number of rotatable bonds is 3. The Morgan fingerprint density at radius 3 is 1.89 bits per heavy atom. The van der Waals surface area contributed by atoms with E-state index in [2.05, 4.69) is 13.2 Å². The average molecular weight is 143 g/mol. The van der Waals surface area contributed by atoms with Gasteiger partial charge in [-0.05, 0) is 11.8 Å². The highest BCUT2D eigenvalue weighted by atomic mass is 32.2. The topological polar surface area (TPSA) is 3.24 Å². The molecule has 0 saturated heterocycles. The van der Waals surface area contributed by atoms with Crippen LogP contribution in [0.5, 0.6) is 0 Å². The van der Waals surface area contributed by atoms with Gasteiger partial charge in [-0.3, -0.25) is 0 Å². The molecule has 0 N–H and O–H groups in total. The Morgan fingerprint density at radius 1 is 1.33 bits per heavy atom. The third-order valence-corrected chi connectivity index (χ3v) is 1.74. The first-order valence-electron chi connectivity index (χ1n) is 2.73. The summed E-state index contributed by atoms with van der Waals surface area (Å²) < 4.78 is 0. The van der Waals surface area contributed by atoms with Crippen LogP contribution >= 0.6 is 11.8 Å². The van der Waals surface area contributed by atoms with Crippen LogP contribution in [-0.4, -0.2) is 19.0 Å². The van der Waals surface area contributed by atoms with Crippen LogP contribution in [0.15, 0.2) is 23.1 Å². The fraction of sp³-hybridized carbons (Fsp3) is 0.429. The van der Waals surface area contributed by atoms with E-state index in [9.17, 15) is 0 Å². The van der Waals surface area contributed by atoms with Gasteiger partial charge in [-0.1, -0.05) is 24.9 Å². The van der Waals surface area contributed by atoms with Crippen LogP contribution < -0.4 is 0 Å². The monoisotopic (exact) mass is 143 g/mol. The lowest BCUT2D eigenvalue weighted by atomic mass is 10.8. The lowest BCUT2D eigenvalue weighted by molar-refractivity contribution is 0.552. The van der Waals surface area contributed by atoms with Crippen molar-refractivity contribution in [2.24, 2.45) is 0 Å². The summed E-state index contributed by atoms with van der Waals surface area (Å²) in [5.74, 6) is 0. The van der Waals surface area contributed by atoms with Crippen molar-refractivity contribution in [3.63, 3.8) is 0 Å². The molecule has 1 nitrogen and oxygen atoms in total. The summed E-state index contributed by atoms with van der Waals surface area (Å²) in [7, 11) is 3.94. The Bertz CT molecular complexity index is 127. The third kappa shape index (κ3) is 4.15. The van der Waals surface area contributed by atoms with Gasteiger partial charge in [0.15, 0.2) is 0 Å². The summed E-state index contributed by atoms with van der Waals surface area (Å²) in [6, 6.07) is 0. The first kappa shape index (κ1) is 8.63. The summed E-state index contributed by atoms with van der Waals surface area (Å²) in [4.78, 5) is 3.05. The van der Waals surface area contributed by atoms with Gasteiger partial charge < -0.3 is 4.90 Å². The summed E-state index contributed by atoms with van der Waals surface area (Å²) in [5.41, 5.74) is 0. The van der Waals surface area contributed by atoms with Crippen LogP contribution in [0.1, 0.15) is 6.92 Å². The van der Waals surface area contributed by atoms with Crippen LogP contribution in [0, 0.1) is 0 Å². The molecule has 0 bridgehead atoms. The summed E-state index contributed by atoms with van der Waals surface area (Å²) in [6.07, 6.45) is 0. The van der Waals surface area contributed by atoms with Gasteiger partial charge in [0.25, 0.3) is 0 Å². The predicted octanol–water partition coefficient (Wildman–Crippen LogP) is 2.29. The SMILES string of the molecule is C=C(C)SC(=C)N(C)C. The normalized spacial score (nSPS) is 8.78. The molecule has 0 aromatic rings. The molecule has 9 heavy (non-hydrogen) atoms. The van der Waals surface area contributed by atoms with Crippen molar-refractivity contribution in [2.75, 3.05) is 14.1 Å². The van der Waals surface area contributed by atoms with Crippen LogP contribution in [0.3, 0.4) is 0 Å². The second-order valence-electron chi connectivity index (χ2n) is 2.09. The van der Waals surface area contributed by atoms with Gasteiger partial charge in [0.05, 0.1) is 5.03 Å². The molecule has 0 aliphatic carbocycles. The third-order valence-electron chi connectivity index (χ3n) is 0.791. The van der Waals surface area contributed by atoms with E-state index >= 15 is 0 Å². The zero-order valence-corrected chi connectivity index (χ0v) is 7.09. The summed E-state index contributed by atoms with van der Waals surface area (Å²) >= 11 is 1.60. The Kier molecular flexibility index (Phi) is 3.47. The molecule has 0 amide bonds. The molecule has 0 heterocycles. The lowest BCUT2D eigenvalue weighted by Crippen LogP contribution is -2.06. The van der Waals surface area contributed by atoms with Gasteiger partial charge >= 0.3 is 0 Å². The molecule has 0 radical (unpaired) electrons. The van der Waals surface area contributed by atoms with E-state index in [1.54, 1.807) is 11.8 Å². The Labute approximate surface area is 61.4 Å². The van der Waals surface area contributed by atoms with Crippen LogP contribution in [-0.2, 0) is 0 Å². The molecule has 2 heteroatoms. The number of allylic oxidation sites excluding steroid dienone is 1. The molecular formula is C7H13NS. The standard InChI is InChI=1S/C7H13NS/c1-6(2)9-7(3)8(4)5/h1,3H2,2,4-5H3. The summed E-state index contributed by atoms with van der Waals surface area (Å²) in [5, 5.41) is 1.03. The van der Waals surface area contributed by atoms with Gasteiger partial charge in [-0.15, -0.1) is 0 Å². The molecule has 0 aromatic carbocycles. The first-order valence-corrected chi connectivity index (χ1v) is 3.55. The Hall–Kier alpha value is -0.370. The van der Waals surface area contributed by atoms with Gasteiger partial charge in [0, 0.05) is 14.1 Å². The van der Waals surface area contributed by atoms with Crippen molar-refractivity contribution in [3.05, 3.63) is 23.1 Å². The molecule has 0 rings (SSSR count). The van der Waals surface area contributed by atoms with Crippen LogP contribution in [0.4, 0.5) is 0 Å². The fourth-order valence-corrected chi connectivity index (χ4v) is 0.877. The van der Waals surface area contributed by atoms with E-state index in [1.807, 2.05) is 25.9 Å². The lowest BCUT2D eigenvalue weighted by Gasteiger charge is -2.13. The van der Waals surface area contributed by atoms with Crippen molar-refractivity contribution >= 4 is 11.8 Å². The number of hydrogen-bond acceptors (Lipinski definition) is 2. The zero-order valence-electron chi connectivity index (χ0n) is 6.27. The summed E-state index contributed by atoms with van der Waals surface area (Å²) in [6.45, 7) is 9.55. The van der Waals surface area contributed by atoms with Gasteiger partial charge in [-0.2, -0.15) is 0 Å². The van der Waals surface area contributed by atoms with E-state index in [1.165, 1.54) is 0 Å². The van der Waals surface area contributed by atoms with E-state index in [0.717, 1.165) is 9.93 Å². The van der Waals surface area contributed by atoms with E-state index in [-0.39, 0.29) is 0 Å². The van der Waals surface area contributed by atoms with Crippen LogP contribution in [0.25, 0.3) is 0 Å². The molecule has 0 unspecified atom stereocenters. The molecule has 0 saturated carbocycles. The molecule has 0 aromatic heterocycles. The Balaban J connectivity index is 3.64. The zero-order chi connectivity index (χ0) is 7.44. The highest BCUT2D eigenvalue weighted by molar-refractivity contribution is 8.06. The average Bonchev–Trinajstić information content (AvgIpc) is 1.63. The minimum Gasteiger partial charge on any atom is -0.373 e. The second-order valence-corrected chi connectivity index (χ2v) is 3.46. The smallest absolute Gasteiger partial charge is 0.0674 e. The molecule has 0 aliphatic rings. The molecule has 0 fully saturated rings. The quantitative estimate of drug-likeness (QED) is 0.596. The molecule has 0 spiro atoms. The Morgan fingerprint density at radius 2 is 1.78 bits per heavy atom. The van der Waals surface area contributed by atoms with E-state index < -0.39 is 0 Å². The molecule has 0 atom stereocenters. The van der Waals surface area contributed by atoms with Gasteiger partial charge in [-0.25, -0.2) is 0 Å². The first-order chi connectivity index (χ1) is 4.04. The van der Waals surface area contributed by atoms with Crippen molar-refractivity contribution in [1.82, 2.24) is 4.90 Å². The largest absolute Gasteiger partial charge is 0.373 e. The maximum atomic E-state index is 3.82. The van der Waals surface area contributed by atoms with Crippen molar-refractivity contribution in [3.8, 4) is 0 Å². The predicted molar refractivity (Wildman–Crippen MR) is 45.2 cm³/mol. The minimum atomic E-state index is 1.03. The molecular weight excluding hydrogens is 130 g/mol. The van der Waals surface area contributed by atoms with Crippen molar-refractivity contribution in [1.29, 1.82) is 0 Å². The fourth-order valence-electron chi connectivity index (χ4n) is 0.292. The molecule has 0 aliphatic heterocycles. The number of hydrogen-bond donors (Lipinski definition) is 0. The second kappa shape index (κ2) is 3.62.